The average Bonchev–Trinajstić information content (AvgIpc) is 2.81. The molecule has 5 heteroatoms. The Morgan fingerprint density at radius 2 is 1.81 bits per heavy atom. The van der Waals surface area contributed by atoms with Crippen LogP contribution in [0.4, 0.5) is 0 Å². The minimum absolute atomic E-state index is 0.0186. The first-order valence-electron chi connectivity index (χ1n) is 10.9. The smallest absolute Gasteiger partial charge is 0.244 e. The quantitative estimate of drug-likeness (QED) is 0.499. The van der Waals surface area contributed by atoms with Gasteiger partial charge in [-0.1, -0.05) is 53.7 Å². The van der Waals surface area contributed by atoms with Gasteiger partial charge in [0.1, 0.15) is 6.04 Å². The molecule has 4 rings (SSSR count). The number of nitroso groups, excluding NO2 is 1. The Morgan fingerprint density at radius 3 is 2.50 bits per heavy atom. The SMILES string of the molecule is Cc1cc(C(C[C@H](c2ccc(C3=CC(=O)NCC3)cc2)c2ccccc2C)N=O)ccn1. The van der Waals surface area contributed by atoms with Crippen LogP contribution in [0, 0.1) is 18.8 Å². The van der Waals surface area contributed by atoms with Crippen LogP contribution in [-0.2, 0) is 4.79 Å². The highest BCUT2D eigenvalue weighted by molar-refractivity contribution is 5.96. The van der Waals surface area contributed by atoms with E-state index in [4.69, 9.17) is 0 Å². The Morgan fingerprint density at radius 1 is 1.03 bits per heavy atom. The van der Waals surface area contributed by atoms with Crippen molar-refractivity contribution in [1.29, 1.82) is 0 Å². The lowest BCUT2D eigenvalue weighted by Crippen LogP contribution is -2.26. The summed E-state index contributed by atoms with van der Waals surface area (Å²) in [6.07, 6.45) is 4.80. The lowest BCUT2D eigenvalue weighted by molar-refractivity contribution is -0.116. The van der Waals surface area contributed by atoms with Crippen molar-refractivity contribution >= 4 is 11.5 Å². The second-order valence-corrected chi connectivity index (χ2v) is 8.33. The number of carbonyl (C=O) groups excluding carboxylic acids is 1. The van der Waals surface area contributed by atoms with Gasteiger partial charge in [-0.05, 0) is 72.2 Å². The Balaban J connectivity index is 1.69. The summed E-state index contributed by atoms with van der Waals surface area (Å²) in [4.78, 5) is 27.8. The van der Waals surface area contributed by atoms with Crippen LogP contribution in [0.15, 0.2) is 78.1 Å². The van der Waals surface area contributed by atoms with Gasteiger partial charge >= 0.3 is 0 Å². The molecule has 0 bridgehead atoms. The van der Waals surface area contributed by atoms with Gasteiger partial charge in [0.25, 0.3) is 0 Å². The molecule has 162 valence electrons. The van der Waals surface area contributed by atoms with Gasteiger partial charge in [-0.15, -0.1) is 0 Å². The summed E-state index contributed by atoms with van der Waals surface area (Å²) in [6.45, 7) is 4.68. The monoisotopic (exact) mass is 425 g/mol. The van der Waals surface area contributed by atoms with Crippen molar-refractivity contribution in [3.05, 3.63) is 111 Å². The lowest BCUT2D eigenvalue weighted by atomic mass is 9.82. The number of carbonyl (C=O) groups is 1. The lowest BCUT2D eigenvalue weighted by Gasteiger charge is -2.23. The Hall–Kier alpha value is -3.60. The van der Waals surface area contributed by atoms with Gasteiger partial charge in [0, 0.05) is 30.4 Å². The summed E-state index contributed by atoms with van der Waals surface area (Å²) in [7, 11) is 0. The van der Waals surface area contributed by atoms with Gasteiger partial charge in [0.15, 0.2) is 0 Å². The van der Waals surface area contributed by atoms with Crippen molar-refractivity contribution < 1.29 is 4.79 Å². The van der Waals surface area contributed by atoms with Gasteiger partial charge in [-0.2, -0.15) is 4.91 Å². The summed E-state index contributed by atoms with van der Waals surface area (Å²) in [6, 6.07) is 20.0. The zero-order chi connectivity index (χ0) is 22.5. The van der Waals surface area contributed by atoms with Crippen LogP contribution in [0.25, 0.3) is 5.57 Å². The van der Waals surface area contributed by atoms with Gasteiger partial charge in [0.2, 0.25) is 5.91 Å². The second kappa shape index (κ2) is 9.69. The summed E-state index contributed by atoms with van der Waals surface area (Å²) >= 11 is 0. The zero-order valence-corrected chi connectivity index (χ0v) is 18.4. The highest BCUT2D eigenvalue weighted by Crippen LogP contribution is 2.37. The Bertz CT molecular complexity index is 1150. The number of aromatic nitrogens is 1. The summed E-state index contributed by atoms with van der Waals surface area (Å²) in [5.74, 6) is -0.0225. The third kappa shape index (κ3) is 4.83. The van der Waals surface area contributed by atoms with Crippen LogP contribution in [-0.4, -0.2) is 17.4 Å². The average molecular weight is 426 g/mol. The van der Waals surface area contributed by atoms with Gasteiger partial charge in [-0.25, -0.2) is 0 Å². The number of nitrogens with zero attached hydrogens (tertiary/aromatic N) is 2. The number of nitrogens with one attached hydrogen (secondary N) is 1. The third-order valence-electron chi connectivity index (χ3n) is 6.14. The van der Waals surface area contributed by atoms with Crippen molar-refractivity contribution in [3.63, 3.8) is 0 Å². The molecule has 2 heterocycles. The molecule has 1 amide bonds. The number of hydrogen-bond donors (Lipinski definition) is 1. The molecule has 0 saturated carbocycles. The summed E-state index contributed by atoms with van der Waals surface area (Å²) in [5.41, 5.74) is 7.37. The molecule has 0 fully saturated rings. The van der Waals surface area contributed by atoms with Crippen LogP contribution in [0.5, 0.6) is 0 Å². The molecule has 1 aliphatic rings. The third-order valence-corrected chi connectivity index (χ3v) is 6.14. The normalized spacial score (nSPS) is 15.4. The first-order chi connectivity index (χ1) is 15.5. The largest absolute Gasteiger partial charge is 0.352 e. The number of aryl methyl sites for hydroxylation is 2. The molecule has 0 spiro atoms. The predicted molar refractivity (Wildman–Crippen MR) is 127 cm³/mol. The van der Waals surface area contributed by atoms with Crippen LogP contribution in [0.2, 0.25) is 0 Å². The molecular weight excluding hydrogens is 398 g/mol. The standard InChI is InChI=1S/C27H27N3O2/c1-18-5-3-4-6-24(18)25(17-26(30-32)23-12-13-28-19(2)15-23)21-9-7-20(8-10-21)22-11-14-29-27(31)16-22/h3-10,12-13,15-16,25-26H,11,14,17H2,1-2H3,(H,29,31)/t25-,26?/m1/s1. The van der Waals surface area contributed by atoms with E-state index in [1.807, 2.05) is 31.2 Å². The first-order valence-corrected chi connectivity index (χ1v) is 10.9. The van der Waals surface area contributed by atoms with E-state index in [-0.39, 0.29) is 11.8 Å². The molecule has 0 saturated heterocycles. The van der Waals surface area contributed by atoms with Crippen molar-refractivity contribution in [2.45, 2.75) is 38.6 Å². The van der Waals surface area contributed by atoms with E-state index in [9.17, 15) is 9.70 Å². The van der Waals surface area contributed by atoms with E-state index >= 15 is 0 Å². The summed E-state index contributed by atoms with van der Waals surface area (Å²) in [5, 5.41) is 6.31. The van der Waals surface area contributed by atoms with Crippen LogP contribution in [0.1, 0.15) is 58.3 Å². The topological polar surface area (TPSA) is 71.4 Å². The van der Waals surface area contributed by atoms with Crippen molar-refractivity contribution in [3.8, 4) is 0 Å². The Labute approximate surface area is 188 Å². The van der Waals surface area contributed by atoms with Crippen LogP contribution in [0.3, 0.4) is 0 Å². The number of rotatable bonds is 7. The van der Waals surface area contributed by atoms with Crippen molar-refractivity contribution in [1.82, 2.24) is 10.3 Å². The molecule has 32 heavy (non-hydrogen) atoms. The predicted octanol–water partition coefficient (Wildman–Crippen LogP) is 5.63. The van der Waals surface area contributed by atoms with Gasteiger partial charge < -0.3 is 5.32 Å². The van der Waals surface area contributed by atoms with Gasteiger partial charge in [0.05, 0.1) is 0 Å². The zero-order valence-electron chi connectivity index (χ0n) is 18.4. The number of benzene rings is 2. The van der Waals surface area contributed by atoms with E-state index in [1.54, 1.807) is 12.3 Å². The second-order valence-electron chi connectivity index (χ2n) is 8.33. The molecule has 1 aliphatic heterocycles. The van der Waals surface area contributed by atoms with E-state index < -0.39 is 6.04 Å². The van der Waals surface area contributed by atoms with E-state index in [0.717, 1.165) is 34.4 Å². The number of pyridine rings is 1. The highest BCUT2D eigenvalue weighted by Gasteiger charge is 2.24. The van der Waals surface area contributed by atoms with Crippen LogP contribution >= 0.6 is 0 Å². The molecular formula is C27H27N3O2. The maximum atomic E-state index is 11.9. The molecule has 5 nitrogen and oxygen atoms in total. The van der Waals surface area contributed by atoms with E-state index in [1.165, 1.54) is 11.1 Å². The maximum Gasteiger partial charge on any atom is 0.244 e. The maximum absolute atomic E-state index is 11.9. The molecule has 2 aromatic carbocycles. The molecule has 2 atom stereocenters. The minimum Gasteiger partial charge on any atom is -0.352 e. The van der Waals surface area contributed by atoms with Crippen LogP contribution < -0.4 is 5.32 Å². The fraction of sp³-hybridized carbons (Fsp3) is 0.259. The Kier molecular flexibility index (Phi) is 6.55. The molecule has 3 aromatic rings. The molecule has 0 aliphatic carbocycles. The first kappa shape index (κ1) is 21.6. The fourth-order valence-electron chi connectivity index (χ4n) is 4.42. The van der Waals surface area contributed by atoms with Crippen molar-refractivity contribution in [2.24, 2.45) is 5.18 Å². The molecule has 1 aromatic heterocycles. The fourth-order valence-corrected chi connectivity index (χ4v) is 4.42. The minimum atomic E-state index is -0.467. The number of amides is 1. The molecule has 1 N–H and O–H groups in total. The molecule has 0 radical (unpaired) electrons. The number of hydrogen-bond acceptors (Lipinski definition) is 4. The van der Waals surface area contributed by atoms with Crippen molar-refractivity contribution in [2.75, 3.05) is 6.54 Å². The molecule has 1 unspecified atom stereocenters. The van der Waals surface area contributed by atoms with E-state index in [0.29, 0.717) is 13.0 Å². The van der Waals surface area contributed by atoms with E-state index in [2.05, 4.69) is 58.8 Å². The highest BCUT2D eigenvalue weighted by atomic mass is 16.3. The van der Waals surface area contributed by atoms with Gasteiger partial charge in [-0.3, -0.25) is 9.78 Å². The summed E-state index contributed by atoms with van der Waals surface area (Å²) < 4.78 is 0.